The van der Waals surface area contributed by atoms with Crippen LogP contribution in [0.3, 0.4) is 0 Å². The second kappa shape index (κ2) is 12.0. The summed E-state index contributed by atoms with van der Waals surface area (Å²) in [5, 5.41) is 11.7. The van der Waals surface area contributed by atoms with E-state index < -0.39 is 0 Å². The standard InChI is InChI=1S/C44H38O2/c1-3-5-7-35-27-41-33-15-11-29(12-16-33)9-10-30-13-17-34(18-14-30)42-28-36(8-6-4-2)44(46-42)38-24-22-32-20-19-31-21-23-37(43(35)45-41)25-39(31)40(32)26-38/h9-28H,3-8H2,1-2H3. The Labute approximate surface area is 269 Å². The lowest BCUT2D eigenvalue weighted by Gasteiger charge is -2.06. The molecule has 0 atom stereocenters. The van der Waals surface area contributed by atoms with Crippen LogP contribution in [0.1, 0.15) is 50.7 Å². The van der Waals surface area contributed by atoms with Crippen LogP contribution in [0.4, 0.5) is 0 Å². The molecule has 0 radical (unpaired) electrons. The van der Waals surface area contributed by atoms with Crippen molar-refractivity contribution in [2.24, 2.45) is 0 Å². The lowest BCUT2D eigenvalue weighted by Crippen LogP contribution is -1.83. The molecule has 5 heterocycles. The van der Waals surface area contributed by atoms with Crippen LogP contribution in [0.25, 0.3) is 76.2 Å². The molecular weight excluding hydrogens is 560 g/mol. The predicted octanol–water partition coefficient (Wildman–Crippen LogP) is 13.3. The first-order chi connectivity index (χ1) is 22.7. The Hall–Kier alpha value is -5.08. The molecule has 0 unspecified atom stereocenters. The smallest absolute Gasteiger partial charge is 0.138 e. The summed E-state index contributed by atoms with van der Waals surface area (Å²) in [6.45, 7) is 4.50. The maximum absolute atomic E-state index is 6.72. The van der Waals surface area contributed by atoms with E-state index in [-0.39, 0.29) is 0 Å². The first-order valence-corrected chi connectivity index (χ1v) is 16.8. The van der Waals surface area contributed by atoms with Crippen molar-refractivity contribution < 1.29 is 8.83 Å². The fourth-order valence-electron chi connectivity index (χ4n) is 6.78. The first kappa shape index (κ1) is 28.4. The van der Waals surface area contributed by atoms with Crippen LogP contribution in [0.2, 0.25) is 0 Å². The third-order valence-electron chi connectivity index (χ3n) is 9.44. The zero-order chi connectivity index (χ0) is 31.0. The Morgan fingerprint density at radius 2 is 0.739 bits per heavy atom. The van der Waals surface area contributed by atoms with E-state index >= 15 is 0 Å². The molecule has 0 aliphatic rings. The number of aryl methyl sites for hydroxylation is 2. The summed E-state index contributed by atoms with van der Waals surface area (Å²) in [6, 6.07) is 44.2. The molecule has 0 fully saturated rings. The van der Waals surface area contributed by atoms with Gasteiger partial charge in [0.05, 0.1) is 0 Å². The molecule has 0 amide bonds. The Bertz CT molecular complexity index is 2290. The Morgan fingerprint density at radius 3 is 1.13 bits per heavy atom. The summed E-state index contributed by atoms with van der Waals surface area (Å²) in [5.41, 5.74) is 6.33. The summed E-state index contributed by atoms with van der Waals surface area (Å²) in [6.07, 6.45) is 6.53. The van der Waals surface area contributed by atoms with Crippen LogP contribution in [0.5, 0.6) is 0 Å². The van der Waals surface area contributed by atoms with Crippen molar-refractivity contribution in [2.75, 3.05) is 0 Å². The Balaban J connectivity index is 1.50. The van der Waals surface area contributed by atoms with E-state index in [1.165, 1.54) is 32.7 Å². The van der Waals surface area contributed by atoms with Gasteiger partial charge in [-0.15, -0.1) is 0 Å². The van der Waals surface area contributed by atoms with E-state index in [2.05, 4.69) is 135 Å². The molecule has 0 saturated heterocycles. The lowest BCUT2D eigenvalue weighted by atomic mass is 9.98. The minimum absolute atomic E-state index is 0.919. The average Bonchev–Trinajstić information content (AvgIpc) is 3.73. The van der Waals surface area contributed by atoms with Gasteiger partial charge in [-0.05, 0) is 93.4 Å². The van der Waals surface area contributed by atoms with Gasteiger partial charge in [-0.25, -0.2) is 0 Å². The van der Waals surface area contributed by atoms with Gasteiger partial charge in [0.1, 0.15) is 22.3 Å². The monoisotopic (exact) mass is 598 g/mol. The van der Waals surface area contributed by atoms with E-state index in [1.807, 2.05) is 0 Å². The van der Waals surface area contributed by atoms with Crippen molar-refractivity contribution in [1.29, 1.82) is 0 Å². The molecule has 0 spiro atoms. The van der Waals surface area contributed by atoms with Crippen LogP contribution < -0.4 is 0 Å². The van der Waals surface area contributed by atoms with Gasteiger partial charge in [-0.1, -0.05) is 124 Å². The van der Waals surface area contributed by atoms with E-state index in [0.717, 1.165) is 93.2 Å². The summed E-state index contributed by atoms with van der Waals surface area (Å²) in [7, 11) is 0. The number of unbranched alkanes of at least 4 members (excludes halogenated alkanes) is 2. The molecule has 226 valence electrons. The number of benzene rings is 5. The van der Waals surface area contributed by atoms with Crippen molar-refractivity contribution in [3.8, 4) is 0 Å². The van der Waals surface area contributed by atoms with Gasteiger partial charge < -0.3 is 8.83 Å². The minimum Gasteiger partial charge on any atom is -0.456 e. The van der Waals surface area contributed by atoms with Crippen molar-refractivity contribution >= 4 is 76.2 Å². The average molecular weight is 599 g/mol. The highest BCUT2D eigenvalue weighted by Gasteiger charge is 2.11. The molecule has 0 saturated carbocycles. The molecule has 0 aliphatic heterocycles. The number of furan rings is 2. The highest BCUT2D eigenvalue weighted by Crippen LogP contribution is 2.34. The fourth-order valence-corrected chi connectivity index (χ4v) is 6.78. The first-order valence-electron chi connectivity index (χ1n) is 16.8. The number of hydrogen-bond acceptors (Lipinski definition) is 2. The van der Waals surface area contributed by atoms with Crippen molar-refractivity contribution in [3.05, 3.63) is 132 Å². The van der Waals surface area contributed by atoms with Gasteiger partial charge in [0.15, 0.2) is 0 Å². The zero-order valence-corrected chi connectivity index (χ0v) is 26.6. The van der Waals surface area contributed by atoms with E-state index in [9.17, 15) is 0 Å². The van der Waals surface area contributed by atoms with Crippen LogP contribution >= 0.6 is 0 Å². The van der Waals surface area contributed by atoms with Crippen molar-refractivity contribution in [1.82, 2.24) is 0 Å². The largest absolute Gasteiger partial charge is 0.456 e. The molecule has 0 N–H and O–H groups in total. The van der Waals surface area contributed by atoms with E-state index in [0.29, 0.717) is 0 Å². The molecule has 5 aromatic carbocycles. The summed E-state index contributed by atoms with van der Waals surface area (Å²) in [4.78, 5) is 0. The van der Waals surface area contributed by atoms with Gasteiger partial charge in [-0.2, -0.15) is 0 Å². The molecular formula is C44H38O2. The topological polar surface area (TPSA) is 26.3 Å². The molecule has 46 heavy (non-hydrogen) atoms. The highest BCUT2D eigenvalue weighted by atomic mass is 16.3. The second-order valence-corrected chi connectivity index (χ2v) is 12.7. The maximum atomic E-state index is 6.72. The number of rotatable bonds is 6. The summed E-state index contributed by atoms with van der Waals surface area (Å²) >= 11 is 0. The number of hydrogen-bond donors (Lipinski definition) is 0. The van der Waals surface area contributed by atoms with Crippen molar-refractivity contribution in [2.45, 2.75) is 52.4 Å². The van der Waals surface area contributed by atoms with Gasteiger partial charge >= 0.3 is 0 Å². The molecule has 12 bridgehead atoms. The highest BCUT2D eigenvalue weighted by molar-refractivity contribution is 6.12. The summed E-state index contributed by atoms with van der Waals surface area (Å²) < 4.78 is 13.4. The number of fused-ring (bicyclic) bond motifs is 2. The van der Waals surface area contributed by atoms with Crippen LogP contribution in [-0.2, 0) is 12.8 Å². The molecule has 10 aromatic rings. The zero-order valence-electron chi connectivity index (χ0n) is 26.6. The third kappa shape index (κ3) is 5.28. The quantitative estimate of drug-likeness (QED) is 0.178. The van der Waals surface area contributed by atoms with E-state index in [4.69, 9.17) is 8.83 Å². The van der Waals surface area contributed by atoms with Gasteiger partial charge in [0, 0.05) is 21.5 Å². The second-order valence-electron chi connectivity index (χ2n) is 12.7. The van der Waals surface area contributed by atoms with Crippen LogP contribution in [-0.4, -0.2) is 0 Å². The maximum Gasteiger partial charge on any atom is 0.138 e. The third-order valence-corrected chi connectivity index (χ3v) is 9.44. The Morgan fingerprint density at radius 1 is 0.391 bits per heavy atom. The molecule has 5 aromatic heterocycles. The fraction of sp³-hybridized carbons (Fsp3) is 0.182. The van der Waals surface area contributed by atoms with E-state index in [1.54, 1.807) is 0 Å². The molecule has 2 heteroatoms. The molecule has 2 nitrogen and oxygen atoms in total. The SMILES string of the molecule is CCCCc1cc2oc1c1ccc3ccc4ccc(cc4c3c1)c1oc(cc1CCCC)c1ccc(ccc3ccc2cc3)cc1. The predicted molar refractivity (Wildman–Crippen MR) is 197 cm³/mol. The van der Waals surface area contributed by atoms with Crippen LogP contribution in [0.15, 0.2) is 130 Å². The lowest BCUT2D eigenvalue weighted by molar-refractivity contribution is 0.667. The van der Waals surface area contributed by atoms with Gasteiger partial charge in [0.25, 0.3) is 0 Å². The van der Waals surface area contributed by atoms with Gasteiger partial charge in [-0.3, -0.25) is 0 Å². The Kier molecular flexibility index (Phi) is 7.42. The summed E-state index contributed by atoms with van der Waals surface area (Å²) in [5.74, 6) is 0. The van der Waals surface area contributed by atoms with Crippen LogP contribution in [0, 0.1) is 0 Å². The molecule has 10 rings (SSSR count). The minimum atomic E-state index is 0.919. The normalized spacial score (nSPS) is 11.8. The van der Waals surface area contributed by atoms with Crippen molar-refractivity contribution in [3.63, 3.8) is 0 Å². The van der Waals surface area contributed by atoms with Gasteiger partial charge in [0.2, 0.25) is 0 Å². The molecule has 0 aliphatic carbocycles.